The first-order chi connectivity index (χ1) is 8.06. The lowest BCUT2D eigenvalue weighted by molar-refractivity contribution is 0.466. The molecule has 0 aliphatic heterocycles. The quantitative estimate of drug-likeness (QED) is 0.841. The van der Waals surface area contributed by atoms with Crippen molar-refractivity contribution in [3.05, 3.63) is 53.1 Å². The lowest BCUT2D eigenvalue weighted by Crippen LogP contribution is -1.83. The third-order valence-corrected chi connectivity index (χ3v) is 3.65. The largest absolute Gasteiger partial charge is 0.507 e. The van der Waals surface area contributed by atoms with E-state index in [0.717, 1.165) is 11.1 Å². The molecule has 0 aromatic heterocycles. The molecule has 1 nitrogen and oxygen atoms in total. The van der Waals surface area contributed by atoms with E-state index in [9.17, 15) is 5.11 Å². The van der Waals surface area contributed by atoms with E-state index >= 15 is 0 Å². The lowest BCUT2D eigenvalue weighted by Gasteiger charge is -2.08. The minimum absolute atomic E-state index is 0.401. The molecule has 0 radical (unpaired) electrons. The van der Waals surface area contributed by atoms with Crippen molar-refractivity contribution in [1.29, 1.82) is 0 Å². The number of aromatic hydroxyl groups is 1. The van der Waals surface area contributed by atoms with Crippen molar-refractivity contribution >= 4 is 11.8 Å². The number of aryl methyl sites for hydroxylation is 3. The maximum atomic E-state index is 9.73. The number of phenols is 1. The molecular formula is C15H16OS. The van der Waals surface area contributed by atoms with Crippen LogP contribution in [0, 0.1) is 20.8 Å². The van der Waals surface area contributed by atoms with Gasteiger partial charge in [0.2, 0.25) is 0 Å². The van der Waals surface area contributed by atoms with Crippen molar-refractivity contribution in [3.63, 3.8) is 0 Å². The molecule has 0 aliphatic carbocycles. The number of hydrogen-bond donors (Lipinski definition) is 1. The van der Waals surface area contributed by atoms with Crippen LogP contribution in [-0.4, -0.2) is 5.11 Å². The van der Waals surface area contributed by atoms with Crippen LogP contribution in [0.3, 0.4) is 0 Å². The first-order valence-electron chi connectivity index (χ1n) is 5.61. The average Bonchev–Trinajstić information content (AvgIpc) is 2.26. The van der Waals surface area contributed by atoms with Gasteiger partial charge >= 0.3 is 0 Å². The minimum atomic E-state index is 0.401. The minimum Gasteiger partial charge on any atom is -0.507 e. The fraction of sp³-hybridized carbons (Fsp3) is 0.200. The van der Waals surface area contributed by atoms with Crippen molar-refractivity contribution in [3.8, 4) is 5.75 Å². The van der Waals surface area contributed by atoms with Crippen LogP contribution in [0.15, 0.2) is 46.2 Å². The van der Waals surface area contributed by atoms with E-state index in [4.69, 9.17) is 0 Å². The number of phenolic OH excluding ortho intramolecular Hbond substituents is 1. The van der Waals surface area contributed by atoms with Gasteiger partial charge in [-0.25, -0.2) is 0 Å². The lowest BCUT2D eigenvalue weighted by atomic mass is 10.1. The average molecular weight is 244 g/mol. The molecule has 0 bridgehead atoms. The maximum absolute atomic E-state index is 9.73. The molecule has 2 heteroatoms. The highest BCUT2D eigenvalue weighted by atomic mass is 32.2. The maximum Gasteiger partial charge on any atom is 0.121 e. The van der Waals surface area contributed by atoms with Gasteiger partial charge in [0.1, 0.15) is 5.75 Å². The summed E-state index contributed by atoms with van der Waals surface area (Å²) >= 11 is 1.73. The molecule has 2 rings (SSSR count). The normalized spacial score (nSPS) is 10.5. The summed E-state index contributed by atoms with van der Waals surface area (Å²) in [5, 5.41) is 9.73. The zero-order valence-corrected chi connectivity index (χ0v) is 11.1. The second kappa shape index (κ2) is 4.84. The summed E-state index contributed by atoms with van der Waals surface area (Å²) in [5.74, 6) is 0.401. The Morgan fingerprint density at radius 2 is 1.53 bits per heavy atom. The zero-order chi connectivity index (χ0) is 12.4. The highest BCUT2D eigenvalue weighted by molar-refractivity contribution is 7.99. The van der Waals surface area contributed by atoms with E-state index in [-0.39, 0.29) is 0 Å². The molecule has 0 fully saturated rings. The second-order valence-electron chi connectivity index (χ2n) is 4.32. The predicted octanol–water partition coefficient (Wildman–Crippen LogP) is 4.47. The smallest absolute Gasteiger partial charge is 0.121 e. The summed E-state index contributed by atoms with van der Waals surface area (Å²) in [7, 11) is 0. The molecule has 0 atom stereocenters. The number of benzene rings is 2. The van der Waals surface area contributed by atoms with Crippen molar-refractivity contribution in [2.45, 2.75) is 30.6 Å². The van der Waals surface area contributed by atoms with Crippen LogP contribution in [0.25, 0.3) is 0 Å². The molecule has 2 aromatic carbocycles. The van der Waals surface area contributed by atoms with Gasteiger partial charge in [-0.2, -0.15) is 0 Å². The molecular weight excluding hydrogens is 228 g/mol. The third-order valence-electron chi connectivity index (χ3n) is 2.69. The Morgan fingerprint density at radius 3 is 2.12 bits per heavy atom. The van der Waals surface area contributed by atoms with Crippen LogP contribution in [0.1, 0.15) is 16.7 Å². The van der Waals surface area contributed by atoms with E-state index in [0.29, 0.717) is 5.75 Å². The predicted molar refractivity (Wildman–Crippen MR) is 72.9 cm³/mol. The SMILES string of the molecule is Cc1cccc(Sc2cc(C)c(O)c(C)c2)c1. The Kier molecular flexibility index (Phi) is 3.43. The Bertz CT molecular complexity index is 523. The number of rotatable bonds is 2. The van der Waals surface area contributed by atoms with Gasteiger partial charge in [-0.3, -0.25) is 0 Å². The van der Waals surface area contributed by atoms with Crippen molar-refractivity contribution in [2.75, 3.05) is 0 Å². The van der Waals surface area contributed by atoms with Gasteiger partial charge in [0, 0.05) is 9.79 Å². The molecule has 0 heterocycles. The standard InChI is InChI=1S/C15H16OS/c1-10-5-4-6-13(7-10)17-14-8-11(2)15(16)12(3)9-14/h4-9,16H,1-3H3. The Hall–Kier alpha value is -1.41. The van der Waals surface area contributed by atoms with E-state index in [1.165, 1.54) is 15.4 Å². The summed E-state index contributed by atoms with van der Waals surface area (Å²) in [6.45, 7) is 5.96. The first-order valence-corrected chi connectivity index (χ1v) is 6.42. The molecule has 2 aromatic rings. The van der Waals surface area contributed by atoms with Crippen LogP contribution in [0.2, 0.25) is 0 Å². The van der Waals surface area contributed by atoms with Gasteiger partial charge < -0.3 is 5.11 Å². The molecule has 0 amide bonds. The van der Waals surface area contributed by atoms with Gasteiger partial charge in [0.25, 0.3) is 0 Å². The van der Waals surface area contributed by atoms with Gasteiger partial charge in [-0.05, 0) is 56.2 Å². The molecule has 17 heavy (non-hydrogen) atoms. The van der Waals surface area contributed by atoms with Crippen molar-refractivity contribution < 1.29 is 5.11 Å². The van der Waals surface area contributed by atoms with Crippen molar-refractivity contribution in [2.24, 2.45) is 0 Å². The third kappa shape index (κ3) is 2.83. The van der Waals surface area contributed by atoms with E-state index < -0.39 is 0 Å². The molecule has 0 saturated carbocycles. The number of hydrogen-bond acceptors (Lipinski definition) is 2. The molecule has 0 saturated heterocycles. The van der Waals surface area contributed by atoms with E-state index in [1.54, 1.807) is 11.8 Å². The second-order valence-corrected chi connectivity index (χ2v) is 5.47. The molecule has 0 spiro atoms. The Morgan fingerprint density at radius 1 is 0.882 bits per heavy atom. The summed E-state index contributed by atoms with van der Waals surface area (Å²) < 4.78 is 0. The Balaban J connectivity index is 2.31. The van der Waals surface area contributed by atoms with E-state index in [2.05, 4.69) is 31.2 Å². The van der Waals surface area contributed by atoms with Gasteiger partial charge in [-0.15, -0.1) is 0 Å². The first kappa shape index (κ1) is 12.1. The molecule has 0 aliphatic rings. The van der Waals surface area contributed by atoms with E-state index in [1.807, 2.05) is 26.0 Å². The fourth-order valence-corrected chi connectivity index (χ4v) is 2.93. The van der Waals surface area contributed by atoms with Crippen molar-refractivity contribution in [1.82, 2.24) is 0 Å². The summed E-state index contributed by atoms with van der Waals surface area (Å²) in [6.07, 6.45) is 0. The summed E-state index contributed by atoms with van der Waals surface area (Å²) in [4.78, 5) is 2.40. The molecule has 1 N–H and O–H groups in total. The Labute approximate surface area is 107 Å². The highest BCUT2D eigenvalue weighted by Gasteiger charge is 2.04. The van der Waals surface area contributed by atoms with Crippen LogP contribution < -0.4 is 0 Å². The van der Waals surface area contributed by atoms with Gasteiger partial charge in [-0.1, -0.05) is 29.5 Å². The summed E-state index contributed by atoms with van der Waals surface area (Å²) in [6, 6.07) is 12.5. The van der Waals surface area contributed by atoms with Crippen LogP contribution in [-0.2, 0) is 0 Å². The van der Waals surface area contributed by atoms with Crippen LogP contribution in [0.5, 0.6) is 5.75 Å². The van der Waals surface area contributed by atoms with Gasteiger partial charge in [0.05, 0.1) is 0 Å². The molecule has 88 valence electrons. The summed E-state index contributed by atoms with van der Waals surface area (Å²) in [5.41, 5.74) is 3.13. The van der Waals surface area contributed by atoms with Crippen LogP contribution in [0.4, 0.5) is 0 Å². The van der Waals surface area contributed by atoms with Gasteiger partial charge in [0.15, 0.2) is 0 Å². The monoisotopic (exact) mass is 244 g/mol. The highest BCUT2D eigenvalue weighted by Crippen LogP contribution is 2.33. The zero-order valence-electron chi connectivity index (χ0n) is 10.3. The van der Waals surface area contributed by atoms with Crippen LogP contribution >= 0.6 is 11.8 Å². The molecule has 0 unspecified atom stereocenters. The topological polar surface area (TPSA) is 20.2 Å². The fourth-order valence-electron chi connectivity index (χ4n) is 1.79.